The van der Waals surface area contributed by atoms with E-state index in [0.29, 0.717) is 18.3 Å². The minimum atomic E-state index is 0.0112. The minimum absolute atomic E-state index is 0.0112. The molecular formula is C24H33N5O2. The molecule has 4 rings (SSSR count). The van der Waals surface area contributed by atoms with Gasteiger partial charge in [-0.3, -0.25) is 19.6 Å². The van der Waals surface area contributed by atoms with E-state index in [9.17, 15) is 9.59 Å². The molecule has 2 amide bonds. The molecule has 0 saturated carbocycles. The standard InChI is InChI=1S/C24H33N5O2/c1-18-16-22(27-26-18)24(31)28-14-10-21(11-15-28)29-13-5-8-20(17-29)23(30)25-12-9-19-6-3-2-4-7-19/h2-4,6-7,16,20-21H,5,8-15,17H2,1H3,(H,25,30)(H,26,27)/t20-/m0/s1. The molecule has 0 bridgehead atoms. The fraction of sp³-hybridized carbons (Fsp3) is 0.542. The van der Waals surface area contributed by atoms with Gasteiger partial charge >= 0.3 is 0 Å². The number of hydrogen-bond donors (Lipinski definition) is 2. The van der Waals surface area contributed by atoms with Gasteiger partial charge in [0.15, 0.2) is 0 Å². The quantitative estimate of drug-likeness (QED) is 0.748. The van der Waals surface area contributed by atoms with Crippen molar-refractivity contribution >= 4 is 11.8 Å². The van der Waals surface area contributed by atoms with E-state index in [1.54, 1.807) is 6.07 Å². The normalized spacial score (nSPS) is 20.5. The number of likely N-dealkylation sites (tertiary alicyclic amines) is 2. The number of aromatic amines is 1. The number of rotatable bonds is 6. The first-order valence-corrected chi connectivity index (χ1v) is 11.5. The van der Waals surface area contributed by atoms with Crippen molar-refractivity contribution in [2.45, 2.75) is 45.1 Å². The van der Waals surface area contributed by atoms with E-state index in [-0.39, 0.29) is 17.7 Å². The lowest BCUT2D eigenvalue weighted by molar-refractivity contribution is -0.127. The van der Waals surface area contributed by atoms with Crippen molar-refractivity contribution in [1.29, 1.82) is 0 Å². The fourth-order valence-electron chi connectivity index (χ4n) is 4.79. The number of carbonyl (C=O) groups is 2. The van der Waals surface area contributed by atoms with Crippen LogP contribution >= 0.6 is 0 Å². The maximum absolute atomic E-state index is 12.7. The molecule has 2 saturated heterocycles. The highest BCUT2D eigenvalue weighted by Gasteiger charge is 2.33. The molecule has 2 aliphatic rings. The third kappa shape index (κ3) is 5.53. The second kappa shape index (κ2) is 10.1. The van der Waals surface area contributed by atoms with Gasteiger partial charge in [-0.1, -0.05) is 30.3 Å². The van der Waals surface area contributed by atoms with Gasteiger partial charge in [0.05, 0.1) is 5.92 Å². The summed E-state index contributed by atoms with van der Waals surface area (Å²) >= 11 is 0. The van der Waals surface area contributed by atoms with E-state index < -0.39 is 0 Å². The van der Waals surface area contributed by atoms with Gasteiger partial charge < -0.3 is 10.2 Å². The van der Waals surface area contributed by atoms with Gasteiger partial charge in [-0.05, 0) is 57.2 Å². The average Bonchev–Trinajstić information content (AvgIpc) is 3.25. The Morgan fingerprint density at radius 3 is 2.61 bits per heavy atom. The van der Waals surface area contributed by atoms with Crippen molar-refractivity contribution in [2.24, 2.45) is 5.92 Å². The lowest BCUT2D eigenvalue weighted by Crippen LogP contribution is -2.51. The molecule has 3 heterocycles. The van der Waals surface area contributed by atoms with Crippen molar-refractivity contribution in [3.8, 4) is 0 Å². The van der Waals surface area contributed by atoms with E-state index >= 15 is 0 Å². The van der Waals surface area contributed by atoms with Gasteiger partial charge in [-0.15, -0.1) is 0 Å². The van der Waals surface area contributed by atoms with Gasteiger partial charge in [0, 0.05) is 37.9 Å². The van der Waals surface area contributed by atoms with Crippen LogP contribution in [0.2, 0.25) is 0 Å². The summed E-state index contributed by atoms with van der Waals surface area (Å²) in [5.74, 6) is 0.260. The molecule has 0 spiro atoms. The topological polar surface area (TPSA) is 81.3 Å². The molecule has 2 aromatic rings. The molecule has 2 fully saturated rings. The second-order valence-electron chi connectivity index (χ2n) is 8.82. The summed E-state index contributed by atoms with van der Waals surface area (Å²) in [7, 11) is 0. The van der Waals surface area contributed by atoms with Gasteiger partial charge in [-0.25, -0.2) is 0 Å². The Labute approximate surface area is 184 Å². The third-order valence-corrected chi connectivity index (χ3v) is 6.57. The van der Waals surface area contributed by atoms with Gasteiger partial charge in [0.25, 0.3) is 5.91 Å². The summed E-state index contributed by atoms with van der Waals surface area (Å²) < 4.78 is 0. The van der Waals surface area contributed by atoms with Crippen LogP contribution in [-0.2, 0) is 11.2 Å². The van der Waals surface area contributed by atoms with Crippen LogP contribution in [0.15, 0.2) is 36.4 Å². The highest BCUT2D eigenvalue weighted by atomic mass is 16.2. The number of H-pyrrole nitrogens is 1. The molecule has 1 aromatic carbocycles. The van der Waals surface area contributed by atoms with Crippen molar-refractivity contribution in [2.75, 3.05) is 32.7 Å². The number of aromatic nitrogens is 2. The molecule has 31 heavy (non-hydrogen) atoms. The smallest absolute Gasteiger partial charge is 0.274 e. The van der Waals surface area contributed by atoms with Crippen LogP contribution in [0.3, 0.4) is 0 Å². The summed E-state index contributed by atoms with van der Waals surface area (Å²) in [5.41, 5.74) is 2.65. The molecule has 1 aromatic heterocycles. The Bertz CT molecular complexity index is 873. The molecule has 1 atom stereocenters. The van der Waals surface area contributed by atoms with E-state index in [2.05, 4.69) is 32.5 Å². The monoisotopic (exact) mass is 423 g/mol. The first-order valence-electron chi connectivity index (χ1n) is 11.5. The zero-order chi connectivity index (χ0) is 21.6. The van der Waals surface area contributed by atoms with Crippen LogP contribution < -0.4 is 5.32 Å². The fourth-order valence-corrected chi connectivity index (χ4v) is 4.79. The Kier molecular flexibility index (Phi) is 7.02. The molecule has 166 valence electrons. The Balaban J connectivity index is 1.22. The molecule has 0 radical (unpaired) electrons. The molecule has 7 nitrogen and oxygen atoms in total. The predicted octanol–water partition coefficient (Wildman–Crippen LogP) is 2.39. The molecule has 0 aliphatic carbocycles. The van der Waals surface area contributed by atoms with Gasteiger partial charge in [0.2, 0.25) is 5.91 Å². The highest BCUT2D eigenvalue weighted by Crippen LogP contribution is 2.24. The Morgan fingerprint density at radius 2 is 1.90 bits per heavy atom. The van der Waals surface area contributed by atoms with Crippen LogP contribution in [-0.4, -0.2) is 70.6 Å². The Morgan fingerprint density at radius 1 is 1.13 bits per heavy atom. The van der Waals surface area contributed by atoms with Crippen LogP contribution in [0.5, 0.6) is 0 Å². The van der Waals surface area contributed by atoms with E-state index in [1.807, 2.05) is 30.0 Å². The van der Waals surface area contributed by atoms with Crippen LogP contribution in [0.25, 0.3) is 0 Å². The minimum Gasteiger partial charge on any atom is -0.355 e. The highest BCUT2D eigenvalue weighted by molar-refractivity contribution is 5.92. The molecule has 2 aliphatic heterocycles. The summed E-state index contributed by atoms with van der Waals surface area (Å²) in [6.45, 7) is 5.96. The number of hydrogen-bond acceptors (Lipinski definition) is 4. The van der Waals surface area contributed by atoms with E-state index in [4.69, 9.17) is 0 Å². The van der Waals surface area contributed by atoms with E-state index in [1.165, 1.54) is 5.56 Å². The summed E-state index contributed by atoms with van der Waals surface area (Å²) in [4.78, 5) is 29.7. The number of aryl methyl sites for hydroxylation is 1. The maximum atomic E-state index is 12.7. The summed E-state index contributed by atoms with van der Waals surface area (Å²) in [6.07, 6.45) is 4.80. The number of amides is 2. The average molecular weight is 424 g/mol. The number of benzene rings is 1. The third-order valence-electron chi connectivity index (χ3n) is 6.57. The van der Waals surface area contributed by atoms with Crippen molar-refractivity contribution in [3.05, 3.63) is 53.3 Å². The number of nitrogens with zero attached hydrogens (tertiary/aromatic N) is 3. The number of piperidine rings is 2. The maximum Gasteiger partial charge on any atom is 0.274 e. The van der Waals surface area contributed by atoms with Crippen molar-refractivity contribution in [3.63, 3.8) is 0 Å². The molecule has 2 N–H and O–H groups in total. The lowest BCUT2D eigenvalue weighted by Gasteiger charge is -2.41. The second-order valence-corrected chi connectivity index (χ2v) is 8.82. The first kappa shape index (κ1) is 21.6. The zero-order valence-corrected chi connectivity index (χ0v) is 18.3. The summed E-state index contributed by atoms with van der Waals surface area (Å²) in [5, 5.41) is 10.1. The SMILES string of the molecule is Cc1cc(C(=O)N2CCC(N3CCC[C@H](C(=O)NCCc4ccccc4)C3)CC2)n[nH]1. The van der Waals surface area contributed by atoms with Gasteiger partial charge in [0.1, 0.15) is 5.69 Å². The van der Waals surface area contributed by atoms with Crippen molar-refractivity contribution in [1.82, 2.24) is 25.3 Å². The Hall–Kier alpha value is -2.67. The zero-order valence-electron chi connectivity index (χ0n) is 18.3. The van der Waals surface area contributed by atoms with Crippen LogP contribution in [0.4, 0.5) is 0 Å². The largest absolute Gasteiger partial charge is 0.355 e. The molecule has 7 heteroatoms. The first-order chi connectivity index (χ1) is 15.1. The molecule has 0 unspecified atom stereocenters. The number of carbonyl (C=O) groups excluding carboxylic acids is 2. The van der Waals surface area contributed by atoms with Crippen molar-refractivity contribution < 1.29 is 9.59 Å². The predicted molar refractivity (Wildman–Crippen MR) is 120 cm³/mol. The number of nitrogens with one attached hydrogen (secondary N) is 2. The van der Waals surface area contributed by atoms with Gasteiger partial charge in [-0.2, -0.15) is 5.10 Å². The molecular weight excluding hydrogens is 390 g/mol. The van der Waals surface area contributed by atoms with Crippen LogP contribution in [0.1, 0.15) is 47.4 Å². The van der Waals surface area contributed by atoms with E-state index in [0.717, 1.165) is 64.0 Å². The summed E-state index contributed by atoms with van der Waals surface area (Å²) in [6, 6.07) is 12.5. The lowest BCUT2D eigenvalue weighted by atomic mass is 9.93. The van der Waals surface area contributed by atoms with Crippen LogP contribution in [0, 0.1) is 12.8 Å².